The third kappa shape index (κ3) is 2.02. The van der Waals surface area contributed by atoms with E-state index in [1.54, 1.807) is 0 Å². The molecule has 1 unspecified atom stereocenters. The Morgan fingerprint density at radius 2 is 2.18 bits per heavy atom. The molecule has 3 rings (SSSR count). The van der Waals surface area contributed by atoms with Crippen LogP contribution in [0, 0.1) is 0 Å². The van der Waals surface area contributed by atoms with E-state index < -0.39 is 0 Å². The number of halogens is 1. The first-order valence-corrected chi connectivity index (χ1v) is 7.09. The topological polar surface area (TPSA) is 27.8 Å². The van der Waals surface area contributed by atoms with Gasteiger partial charge in [-0.25, -0.2) is 0 Å². The summed E-state index contributed by atoms with van der Waals surface area (Å²) < 4.78 is 1.17. The van der Waals surface area contributed by atoms with Crippen molar-refractivity contribution in [3.8, 4) is 0 Å². The van der Waals surface area contributed by atoms with Crippen molar-refractivity contribution >= 4 is 26.8 Å². The number of rotatable bonds is 3. The summed E-state index contributed by atoms with van der Waals surface area (Å²) in [4.78, 5) is 3.38. The van der Waals surface area contributed by atoms with E-state index in [1.807, 2.05) is 0 Å². The van der Waals surface area contributed by atoms with E-state index in [2.05, 4.69) is 51.5 Å². The van der Waals surface area contributed by atoms with Crippen LogP contribution in [0.15, 0.2) is 22.8 Å². The van der Waals surface area contributed by atoms with Crippen LogP contribution in [0.5, 0.6) is 0 Å². The van der Waals surface area contributed by atoms with Crippen molar-refractivity contribution in [3.05, 3.63) is 33.9 Å². The predicted octanol–water partition coefficient (Wildman–Crippen LogP) is 3.40. The largest absolute Gasteiger partial charge is 0.361 e. The van der Waals surface area contributed by atoms with E-state index in [0.717, 1.165) is 19.4 Å². The maximum absolute atomic E-state index is 3.64. The molecule has 0 spiro atoms. The zero-order valence-corrected chi connectivity index (χ0v) is 11.6. The average molecular weight is 293 g/mol. The van der Waals surface area contributed by atoms with Gasteiger partial charge in [-0.1, -0.05) is 22.9 Å². The Bertz CT molecular complexity index is 544. The van der Waals surface area contributed by atoms with Crippen molar-refractivity contribution in [1.82, 2.24) is 10.3 Å². The van der Waals surface area contributed by atoms with Crippen LogP contribution in [0.4, 0.5) is 0 Å². The molecule has 3 heteroatoms. The Morgan fingerprint density at radius 1 is 1.35 bits per heavy atom. The molecule has 17 heavy (non-hydrogen) atoms. The molecule has 2 N–H and O–H groups in total. The van der Waals surface area contributed by atoms with Gasteiger partial charge in [-0.2, -0.15) is 0 Å². The molecule has 0 fully saturated rings. The molecular formula is C14H17BrN2. The minimum atomic E-state index is 0.593. The molecule has 0 radical (unpaired) electrons. The second-order valence-electron chi connectivity index (χ2n) is 4.86. The lowest BCUT2D eigenvalue weighted by atomic mass is 9.89. The van der Waals surface area contributed by atoms with Crippen molar-refractivity contribution in [1.29, 1.82) is 0 Å². The monoisotopic (exact) mass is 292 g/mol. The van der Waals surface area contributed by atoms with Gasteiger partial charge in [-0.05, 0) is 49.1 Å². The van der Waals surface area contributed by atoms with Crippen molar-refractivity contribution in [2.45, 2.75) is 32.2 Å². The molecule has 2 nitrogen and oxygen atoms in total. The number of H-pyrrole nitrogens is 1. The Morgan fingerprint density at radius 3 is 3.00 bits per heavy atom. The second-order valence-corrected chi connectivity index (χ2v) is 5.78. The van der Waals surface area contributed by atoms with Crippen molar-refractivity contribution in [2.75, 3.05) is 6.54 Å². The second kappa shape index (κ2) is 4.46. The maximum atomic E-state index is 3.64. The molecule has 2 aromatic rings. The Hall–Kier alpha value is -0.800. The zero-order chi connectivity index (χ0) is 11.8. The average Bonchev–Trinajstić information content (AvgIpc) is 2.70. The highest BCUT2D eigenvalue weighted by Crippen LogP contribution is 2.32. The molecule has 1 aliphatic rings. The predicted molar refractivity (Wildman–Crippen MR) is 75.5 cm³/mol. The molecule has 0 saturated carbocycles. The molecule has 0 amide bonds. The van der Waals surface area contributed by atoms with E-state index >= 15 is 0 Å². The highest BCUT2D eigenvalue weighted by atomic mass is 79.9. The smallest absolute Gasteiger partial charge is 0.0470 e. The van der Waals surface area contributed by atoms with Crippen molar-refractivity contribution in [2.24, 2.45) is 0 Å². The van der Waals surface area contributed by atoms with Gasteiger partial charge in [0.15, 0.2) is 0 Å². The van der Waals surface area contributed by atoms with Crippen LogP contribution < -0.4 is 5.32 Å². The first-order chi connectivity index (χ1) is 8.28. The Kier molecular flexibility index (Phi) is 2.97. The first-order valence-electron chi connectivity index (χ1n) is 6.29. The van der Waals surface area contributed by atoms with Crippen LogP contribution in [-0.4, -0.2) is 17.6 Å². The SMILES string of the molecule is CCCNC1Cc2c[nH]c3cc(Br)cc(c23)C1. The highest BCUT2D eigenvalue weighted by molar-refractivity contribution is 9.10. The first kappa shape index (κ1) is 11.3. The van der Waals surface area contributed by atoms with E-state index in [0.29, 0.717) is 6.04 Å². The number of hydrogen-bond acceptors (Lipinski definition) is 1. The lowest BCUT2D eigenvalue weighted by Gasteiger charge is -2.23. The molecule has 1 aliphatic carbocycles. The van der Waals surface area contributed by atoms with Crippen LogP contribution >= 0.6 is 15.9 Å². The summed E-state index contributed by atoms with van der Waals surface area (Å²) in [6, 6.07) is 5.03. The van der Waals surface area contributed by atoms with Gasteiger partial charge in [-0.3, -0.25) is 0 Å². The van der Waals surface area contributed by atoms with Gasteiger partial charge >= 0.3 is 0 Å². The van der Waals surface area contributed by atoms with Gasteiger partial charge in [0.2, 0.25) is 0 Å². The molecule has 1 aromatic carbocycles. The van der Waals surface area contributed by atoms with Gasteiger partial charge in [0.25, 0.3) is 0 Å². The van der Waals surface area contributed by atoms with Gasteiger partial charge < -0.3 is 10.3 Å². The fourth-order valence-electron chi connectivity index (χ4n) is 2.81. The van der Waals surface area contributed by atoms with E-state index in [4.69, 9.17) is 0 Å². The number of benzene rings is 1. The normalized spacial score (nSPS) is 18.8. The minimum absolute atomic E-state index is 0.593. The summed E-state index contributed by atoms with van der Waals surface area (Å²) in [5, 5.41) is 5.08. The molecule has 1 heterocycles. The van der Waals surface area contributed by atoms with Gasteiger partial charge in [0.1, 0.15) is 0 Å². The summed E-state index contributed by atoms with van der Waals surface area (Å²) in [7, 11) is 0. The van der Waals surface area contributed by atoms with Gasteiger partial charge in [0, 0.05) is 27.6 Å². The molecule has 0 bridgehead atoms. The van der Waals surface area contributed by atoms with Crippen LogP contribution in [-0.2, 0) is 12.8 Å². The molecule has 0 saturated heterocycles. The summed E-state index contributed by atoms with van der Waals surface area (Å²) >= 11 is 3.59. The quantitative estimate of drug-likeness (QED) is 0.892. The number of hydrogen-bond donors (Lipinski definition) is 2. The number of nitrogens with one attached hydrogen (secondary N) is 2. The van der Waals surface area contributed by atoms with Gasteiger partial charge in [0.05, 0.1) is 0 Å². The van der Waals surface area contributed by atoms with Crippen LogP contribution in [0.2, 0.25) is 0 Å². The van der Waals surface area contributed by atoms with E-state index in [9.17, 15) is 0 Å². The molecule has 0 aliphatic heterocycles. The zero-order valence-electron chi connectivity index (χ0n) is 10.0. The van der Waals surface area contributed by atoms with E-state index in [-0.39, 0.29) is 0 Å². The fourth-order valence-corrected chi connectivity index (χ4v) is 3.32. The summed E-state index contributed by atoms with van der Waals surface area (Å²) in [6.07, 6.45) is 5.65. The van der Waals surface area contributed by atoms with Crippen LogP contribution in [0.1, 0.15) is 24.5 Å². The minimum Gasteiger partial charge on any atom is -0.361 e. The third-order valence-electron chi connectivity index (χ3n) is 3.52. The molecular weight excluding hydrogens is 276 g/mol. The third-order valence-corrected chi connectivity index (χ3v) is 3.98. The molecule has 1 aromatic heterocycles. The molecule has 90 valence electrons. The Labute approximate surface area is 110 Å². The maximum Gasteiger partial charge on any atom is 0.0470 e. The summed E-state index contributed by atoms with van der Waals surface area (Å²) in [5.74, 6) is 0. The summed E-state index contributed by atoms with van der Waals surface area (Å²) in [5.41, 5.74) is 4.19. The van der Waals surface area contributed by atoms with Crippen LogP contribution in [0.3, 0.4) is 0 Å². The van der Waals surface area contributed by atoms with Crippen molar-refractivity contribution in [3.63, 3.8) is 0 Å². The van der Waals surface area contributed by atoms with Gasteiger partial charge in [-0.15, -0.1) is 0 Å². The Balaban J connectivity index is 1.98. The lowest BCUT2D eigenvalue weighted by Crippen LogP contribution is -2.35. The van der Waals surface area contributed by atoms with E-state index in [1.165, 1.54) is 32.9 Å². The molecule has 1 atom stereocenters. The lowest BCUT2D eigenvalue weighted by molar-refractivity contribution is 0.501. The van der Waals surface area contributed by atoms with Crippen LogP contribution in [0.25, 0.3) is 10.9 Å². The number of aromatic amines is 1. The standard InChI is InChI=1S/C14H17BrN2/c1-2-3-16-12-5-9-4-11(15)7-13-14(9)10(6-12)8-17-13/h4,7-8,12,16-17H,2-3,5-6H2,1H3. The highest BCUT2D eigenvalue weighted by Gasteiger charge is 2.21. The summed E-state index contributed by atoms with van der Waals surface area (Å²) in [6.45, 7) is 3.33. The van der Waals surface area contributed by atoms with Crippen molar-refractivity contribution < 1.29 is 0 Å². The fraction of sp³-hybridized carbons (Fsp3) is 0.429. The number of aromatic nitrogens is 1.